The van der Waals surface area contributed by atoms with Crippen LogP contribution in [0.1, 0.15) is 0 Å². The standard InChI is InChI=1S/C15H11BF4N6/c16-7-1-8(17)3-9(2-7)26(6-12(19)20)14-13-10(18)4-22-5-11(13)23-15(24-14)25-21/h1-5,12H,6,21H2,(H,23,24,25). The van der Waals surface area contributed by atoms with Crippen molar-refractivity contribution in [1.29, 1.82) is 0 Å². The Morgan fingerprint density at radius 3 is 2.58 bits per heavy atom. The Bertz CT molecular complexity index is 935. The van der Waals surface area contributed by atoms with E-state index in [-0.39, 0.29) is 33.8 Å². The number of pyridine rings is 1. The molecule has 3 N–H and O–H groups in total. The van der Waals surface area contributed by atoms with Crippen LogP contribution in [0.3, 0.4) is 0 Å². The van der Waals surface area contributed by atoms with Gasteiger partial charge in [-0.3, -0.25) is 10.4 Å². The first-order chi connectivity index (χ1) is 12.4. The van der Waals surface area contributed by atoms with E-state index in [0.29, 0.717) is 0 Å². The molecule has 0 saturated carbocycles. The number of halogens is 4. The van der Waals surface area contributed by atoms with Gasteiger partial charge in [0, 0.05) is 5.69 Å². The van der Waals surface area contributed by atoms with Crippen molar-refractivity contribution in [2.75, 3.05) is 16.9 Å². The van der Waals surface area contributed by atoms with Gasteiger partial charge in [0.05, 0.1) is 29.8 Å². The third-order valence-corrected chi connectivity index (χ3v) is 3.46. The molecule has 0 aliphatic rings. The number of rotatable bonds is 5. The molecule has 1 aromatic carbocycles. The van der Waals surface area contributed by atoms with Crippen LogP contribution in [-0.4, -0.2) is 35.8 Å². The van der Waals surface area contributed by atoms with Crippen molar-refractivity contribution in [3.8, 4) is 0 Å². The average molecular weight is 362 g/mol. The molecule has 0 amide bonds. The lowest BCUT2D eigenvalue weighted by Gasteiger charge is -2.25. The SMILES string of the molecule is [B]c1cc(F)cc(N(CC(F)F)c2nc(NN)nc3cncc(F)c23)c1. The maximum atomic E-state index is 14.3. The van der Waals surface area contributed by atoms with Gasteiger partial charge >= 0.3 is 0 Å². The second kappa shape index (κ2) is 7.12. The number of fused-ring (bicyclic) bond motifs is 1. The molecule has 0 fully saturated rings. The number of hydrazine groups is 1. The van der Waals surface area contributed by atoms with E-state index in [2.05, 4.69) is 20.4 Å². The maximum Gasteiger partial charge on any atom is 0.256 e. The fourth-order valence-electron chi connectivity index (χ4n) is 2.49. The van der Waals surface area contributed by atoms with Crippen LogP contribution in [-0.2, 0) is 0 Å². The number of nitrogen functional groups attached to an aromatic ring is 1. The van der Waals surface area contributed by atoms with Crippen molar-refractivity contribution >= 4 is 41.7 Å². The summed E-state index contributed by atoms with van der Waals surface area (Å²) in [6.07, 6.45) is -0.709. The predicted octanol–water partition coefficient (Wildman–Crippen LogP) is 1.79. The van der Waals surface area contributed by atoms with Gasteiger partial charge in [-0.05, 0) is 18.2 Å². The van der Waals surface area contributed by atoms with Crippen LogP contribution in [0.15, 0.2) is 30.6 Å². The number of hydrogen-bond donors (Lipinski definition) is 2. The van der Waals surface area contributed by atoms with Gasteiger partial charge in [0.25, 0.3) is 6.43 Å². The smallest absolute Gasteiger partial charge is 0.256 e. The molecule has 6 nitrogen and oxygen atoms in total. The molecular formula is C15H11BF4N6. The van der Waals surface area contributed by atoms with E-state index in [1.807, 2.05) is 0 Å². The Hall–Kier alpha value is -2.95. The minimum Gasteiger partial charge on any atom is -0.320 e. The zero-order chi connectivity index (χ0) is 18.8. The molecule has 0 unspecified atom stereocenters. The highest BCUT2D eigenvalue weighted by Gasteiger charge is 2.23. The third-order valence-electron chi connectivity index (χ3n) is 3.46. The van der Waals surface area contributed by atoms with E-state index in [9.17, 15) is 17.6 Å². The minimum atomic E-state index is -2.83. The molecule has 2 aromatic heterocycles. The molecule has 3 aromatic rings. The Morgan fingerprint density at radius 2 is 1.92 bits per heavy atom. The van der Waals surface area contributed by atoms with Crippen molar-refractivity contribution in [3.63, 3.8) is 0 Å². The third kappa shape index (κ3) is 3.52. The van der Waals surface area contributed by atoms with Gasteiger partial charge in [0.1, 0.15) is 19.5 Å². The molecule has 3 rings (SSSR count). The largest absolute Gasteiger partial charge is 0.320 e. The van der Waals surface area contributed by atoms with Crippen LogP contribution in [0, 0.1) is 11.6 Å². The second-order valence-electron chi connectivity index (χ2n) is 5.28. The van der Waals surface area contributed by atoms with Crippen molar-refractivity contribution in [1.82, 2.24) is 15.0 Å². The fourth-order valence-corrected chi connectivity index (χ4v) is 2.49. The summed E-state index contributed by atoms with van der Waals surface area (Å²) in [5.41, 5.74) is 2.19. The number of nitrogens with one attached hydrogen (secondary N) is 1. The van der Waals surface area contributed by atoms with Crippen LogP contribution in [0.25, 0.3) is 10.9 Å². The number of aromatic nitrogens is 3. The van der Waals surface area contributed by atoms with Gasteiger partial charge in [-0.15, -0.1) is 0 Å². The first-order valence-electron chi connectivity index (χ1n) is 7.28. The molecule has 2 radical (unpaired) electrons. The van der Waals surface area contributed by atoms with Gasteiger partial charge in [-0.2, -0.15) is 4.98 Å². The lowest BCUT2D eigenvalue weighted by molar-refractivity contribution is 0.158. The van der Waals surface area contributed by atoms with Crippen molar-refractivity contribution < 1.29 is 17.6 Å². The zero-order valence-corrected chi connectivity index (χ0v) is 13.1. The van der Waals surface area contributed by atoms with Gasteiger partial charge in [0.15, 0.2) is 5.82 Å². The monoisotopic (exact) mass is 362 g/mol. The summed E-state index contributed by atoms with van der Waals surface area (Å²) in [6, 6.07) is 3.29. The van der Waals surface area contributed by atoms with Crippen molar-refractivity contribution in [2.24, 2.45) is 5.84 Å². The summed E-state index contributed by atoms with van der Waals surface area (Å²) < 4.78 is 54.5. The average Bonchev–Trinajstić information content (AvgIpc) is 2.58. The zero-order valence-electron chi connectivity index (χ0n) is 13.1. The molecule has 0 saturated heterocycles. The molecule has 0 atom stereocenters. The first-order valence-corrected chi connectivity index (χ1v) is 7.28. The van der Waals surface area contributed by atoms with Crippen LogP contribution in [0.4, 0.5) is 35.0 Å². The number of benzene rings is 1. The molecule has 26 heavy (non-hydrogen) atoms. The van der Waals surface area contributed by atoms with Crippen LogP contribution in [0.2, 0.25) is 0 Å². The normalized spacial score (nSPS) is 11.2. The lowest BCUT2D eigenvalue weighted by Crippen LogP contribution is -2.27. The summed E-state index contributed by atoms with van der Waals surface area (Å²) in [5, 5.41) is -0.164. The molecule has 0 spiro atoms. The number of alkyl halides is 2. The van der Waals surface area contributed by atoms with E-state index in [1.165, 1.54) is 12.3 Å². The molecular weight excluding hydrogens is 351 g/mol. The quantitative estimate of drug-likeness (QED) is 0.312. The highest BCUT2D eigenvalue weighted by atomic mass is 19.3. The predicted molar refractivity (Wildman–Crippen MR) is 89.9 cm³/mol. The molecule has 2 heterocycles. The number of hydrogen-bond acceptors (Lipinski definition) is 6. The topological polar surface area (TPSA) is 80.0 Å². The van der Waals surface area contributed by atoms with E-state index in [1.54, 1.807) is 0 Å². The van der Waals surface area contributed by atoms with Gasteiger partial charge in [0.2, 0.25) is 5.95 Å². The summed E-state index contributed by atoms with van der Waals surface area (Å²) in [7, 11) is 5.60. The van der Waals surface area contributed by atoms with Crippen molar-refractivity contribution in [3.05, 3.63) is 42.2 Å². The van der Waals surface area contributed by atoms with Gasteiger partial charge < -0.3 is 4.90 Å². The Labute approximate surface area is 146 Å². The molecule has 0 aliphatic heterocycles. The van der Waals surface area contributed by atoms with Crippen LogP contribution < -0.4 is 21.6 Å². The highest BCUT2D eigenvalue weighted by Crippen LogP contribution is 2.32. The first kappa shape index (κ1) is 17.9. The summed E-state index contributed by atoms with van der Waals surface area (Å²) in [5.74, 6) is 3.35. The number of nitrogens with zero attached hydrogens (tertiary/aromatic N) is 4. The molecule has 132 valence electrons. The second-order valence-corrected chi connectivity index (χ2v) is 5.28. The minimum absolute atomic E-state index is 0.0111. The van der Waals surface area contributed by atoms with E-state index in [0.717, 1.165) is 23.2 Å². The Balaban J connectivity index is 2.30. The fraction of sp³-hybridized carbons (Fsp3) is 0.133. The van der Waals surface area contributed by atoms with Crippen LogP contribution >= 0.6 is 0 Å². The van der Waals surface area contributed by atoms with Crippen molar-refractivity contribution in [2.45, 2.75) is 6.43 Å². The maximum absolute atomic E-state index is 14.3. The summed E-state index contributed by atoms with van der Waals surface area (Å²) in [4.78, 5) is 12.5. The molecule has 0 bridgehead atoms. The number of nitrogens with two attached hydrogens (primary N) is 1. The number of anilines is 3. The van der Waals surface area contributed by atoms with E-state index < -0.39 is 24.6 Å². The van der Waals surface area contributed by atoms with Gasteiger partial charge in [-0.1, -0.05) is 5.46 Å². The molecule has 0 aliphatic carbocycles. The highest BCUT2D eigenvalue weighted by molar-refractivity contribution is 6.32. The lowest BCUT2D eigenvalue weighted by atomic mass is 9.95. The van der Waals surface area contributed by atoms with E-state index >= 15 is 0 Å². The van der Waals surface area contributed by atoms with Gasteiger partial charge in [-0.25, -0.2) is 28.4 Å². The molecule has 11 heteroatoms. The Kier molecular flexibility index (Phi) is 4.89. The van der Waals surface area contributed by atoms with E-state index in [4.69, 9.17) is 13.7 Å². The Morgan fingerprint density at radius 1 is 1.15 bits per heavy atom. The summed E-state index contributed by atoms with van der Waals surface area (Å²) >= 11 is 0. The summed E-state index contributed by atoms with van der Waals surface area (Å²) in [6.45, 7) is -0.888. The van der Waals surface area contributed by atoms with Crippen LogP contribution in [0.5, 0.6) is 0 Å².